The van der Waals surface area contributed by atoms with Gasteiger partial charge < -0.3 is 10.3 Å². The molecule has 0 spiro atoms. The largest absolute Gasteiger partial charge is 0.628 e. The molecule has 0 saturated heterocycles. The predicted octanol–water partition coefficient (Wildman–Crippen LogP) is -0.141. The molecule has 92 valence electrons. The van der Waals surface area contributed by atoms with Gasteiger partial charge in [-0.1, -0.05) is 11.8 Å². The molecule has 1 aliphatic heterocycles. The number of sulfonamides is 1. The van der Waals surface area contributed by atoms with Crippen molar-refractivity contribution in [1.82, 2.24) is 0 Å². The van der Waals surface area contributed by atoms with Gasteiger partial charge in [-0.3, -0.25) is 0 Å². The van der Waals surface area contributed by atoms with E-state index in [1.165, 1.54) is 17.8 Å². The maximum atomic E-state index is 13.5. The summed E-state index contributed by atoms with van der Waals surface area (Å²) in [6.07, 6.45) is 0. The molecule has 1 aromatic rings. The van der Waals surface area contributed by atoms with Gasteiger partial charge in [-0.2, -0.15) is 0 Å². The van der Waals surface area contributed by atoms with Crippen LogP contribution in [0.15, 0.2) is 28.5 Å². The van der Waals surface area contributed by atoms with Crippen molar-refractivity contribution in [3.8, 4) is 0 Å². The average Bonchev–Trinajstić information content (AvgIpc) is 2.62. The van der Waals surface area contributed by atoms with Gasteiger partial charge in [0.25, 0.3) is 0 Å². The number of hydrogen-bond donors (Lipinski definition) is 2. The normalized spacial score (nSPS) is 20.4. The van der Waals surface area contributed by atoms with E-state index in [9.17, 15) is 18.0 Å². The van der Waals surface area contributed by atoms with Crippen LogP contribution in [0.1, 0.15) is 5.56 Å². The number of primary sulfonamides is 1. The maximum absolute atomic E-state index is 13.5. The van der Waals surface area contributed by atoms with Gasteiger partial charge in [0.1, 0.15) is 22.3 Å². The highest BCUT2D eigenvalue weighted by molar-refractivity contribution is 8.02. The monoisotopic (exact) mass is 276 g/mol. The first-order valence-electron chi connectivity index (χ1n) is 4.57. The van der Waals surface area contributed by atoms with E-state index < -0.39 is 20.7 Å². The first-order chi connectivity index (χ1) is 7.89. The van der Waals surface area contributed by atoms with Gasteiger partial charge in [0, 0.05) is 11.0 Å². The van der Waals surface area contributed by atoms with Gasteiger partial charge in [-0.25, -0.2) is 17.9 Å². The SMILES string of the molecule is NS(=O)(=O)c1ccc(C2=CSC[NH+]2[O-])cc1F. The fraction of sp³-hybridized carbons (Fsp3) is 0.111. The minimum absolute atomic E-state index is 0.0993. The van der Waals surface area contributed by atoms with Crippen molar-refractivity contribution in [3.63, 3.8) is 0 Å². The first-order valence-corrected chi connectivity index (χ1v) is 7.17. The Hall–Kier alpha value is -0.930. The minimum Gasteiger partial charge on any atom is -0.628 e. The molecule has 3 N–H and O–H groups in total. The highest BCUT2D eigenvalue weighted by atomic mass is 32.2. The van der Waals surface area contributed by atoms with Crippen LogP contribution in [0.3, 0.4) is 0 Å². The van der Waals surface area contributed by atoms with E-state index in [-0.39, 0.29) is 5.06 Å². The van der Waals surface area contributed by atoms with Gasteiger partial charge in [0.15, 0.2) is 0 Å². The molecule has 1 atom stereocenters. The van der Waals surface area contributed by atoms with Gasteiger partial charge in [0.05, 0.1) is 0 Å². The van der Waals surface area contributed by atoms with Crippen LogP contribution in [0.4, 0.5) is 4.39 Å². The summed E-state index contributed by atoms with van der Waals surface area (Å²) >= 11 is 1.32. The summed E-state index contributed by atoms with van der Waals surface area (Å²) < 4.78 is 35.5. The van der Waals surface area contributed by atoms with Gasteiger partial charge in [-0.15, -0.1) is 0 Å². The van der Waals surface area contributed by atoms with Crippen LogP contribution in [0, 0.1) is 11.0 Å². The van der Waals surface area contributed by atoms with E-state index in [0.29, 0.717) is 17.1 Å². The molecule has 1 aromatic carbocycles. The molecular weight excluding hydrogens is 267 g/mol. The summed E-state index contributed by atoms with van der Waals surface area (Å²) in [6.45, 7) is 0. The van der Waals surface area contributed by atoms with Crippen LogP contribution in [-0.2, 0) is 10.0 Å². The number of halogens is 1. The van der Waals surface area contributed by atoms with Crippen molar-refractivity contribution in [2.75, 3.05) is 5.88 Å². The van der Waals surface area contributed by atoms with Crippen molar-refractivity contribution in [1.29, 1.82) is 0 Å². The lowest BCUT2D eigenvalue weighted by Crippen LogP contribution is -3.02. The predicted molar refractivity (Wildman–Crippen MR) is 62.5 cm³/mol. The van der Waals surface area contributed by atoms with Crippen molar-refractivity contribution in [2.24, 2.45) is 5.14 Å². The van der Waals surface area contributed by atoms with Crippen molar-refractivity contribution in [2.45, 2.75) is 4.90 Å². The zero-order valence-corrected chi connectivity index (χ0v) is 10.1. The molecule has 0 saturated carbocycles. The number of benzene rings is 1. The molecule has 0 radical (unpaired) electrons. The highest BCUT2D eigenvalue weighted by Crippen LogP contribution is 2.21. The van der Waals surface area contributed by atoms with Crippen LogP contribution < -0.4 is 10.2 Å². The van der Waals surface area contributed by atoms with E-state index in [4.69, 9.17) is 5.14 Å². The molecule has 2 rings (SSSR count). The fourth-order valence-electron chi connectivity index (χ4n) is 1.47. The molecule has 1 unspecified atom stereocenters. The Morgan fingerprint density at radius 1 is 1.47 bits per heavy atom. The zero-order valence-electron chi connectivity index (χ0n) is 8.51. The first kappa shape index (κ1) is 12.5. The Labute approximate surface area is 102 Å². The van der Waals surface area contributed by atoms with Crippen LogP contribution in [0.25, 0.3) is 5.70 Å². The Morgan fingerprint density at radius 3 is 2.65 bits per heavy atom. The second-order valence-corrected chi connectivity index (χ2v) is 5.84. The molecule has 17 heavy (non-hydrogen) atoms. The summed E-state index contributed by atoms with van der Waals surface area (Å²) in [6, 6.07) is 3.45. The van der Waals surface area contributed by atoms with E-state index in [0.717, 1.165) is 12.1 Å². The zero-order chi connectivity index (χ0) is 12.6. The Bertz CT molecular complexity index is 586. The van der Waals surface area contributed by atoms with Crippen molar-refractivity contribution < 1.29 is 17.9 Å². The third-order valence-electron chi connectivity index (χ3n) is 2.27. The molecule has 8 heteroatoms. The van der Waals surface area contributed by atoms with E-state index in [2.05, 4.69) is 0 Å². The Morgan fingerprint density at radius 2 is 2.18 bits per heavy atom. The second-order valence-electron chi connectivity index (χ2n) is 3.46. The summed E-state index contributed by atoms with van der Waals surface area (Å²) in [4.78, 5) is -0.569. The average molecular weight is 276 g/mol. The van der Waals surface area contributed by atoms with E-state index in [1.807, 2.05) is 0 Å². The van der Waals surface area contributed by atoms with E-state index >= 15 is 0 Å². The smallest absolute Gasteiger partial charge is 0.240 e. The molecule has 0 fully saturated rings. The standard InChI is InChI=1S/C9H9FN2O3S2/c10-7-3-6(8-4-16-5-12(8)13)1-2-9(7)17(11,14)15/h1-4,12H,5H2,(H2,11,14,15). The third kappa shape index (κ3) is 2.50. The van der Waals surface area contributed by atoms with Gasteiger partial charge in [-0.05, 0) is 18.2 Å². The lowest BCUT2D eigenvalue weighted by Gasteiger charge is -2.18. The van der Waals surface area contributed by atoms with Gasteiger partial charge >= 0.3 is 0 Å². The molecular formula is C9H9FN2O3S2. The van der Waals surface area contributed by atoms with Crippen molar-refractivity contribution in [3.05, 3.63) is 40.2 Å². The lowest BCUT2D eigenvalue weighted by molar-refractivity contribution is -0.750. The van der Waals surface area contributed by atoms with Crippen LogP contribution in [0.5, 0.6) is 0 Å². The molecule has 1 heterocycles. The Kier molecular flexibility index (Phi) is 3.23. The van der Waals surface area contributed by atoms with Crippen LogP contribution >= 0.6 is 11.8 Å². The fourth-order valence-corrected chi connectivity index (χ4v) is 2.89. The quantitative estimate of drug-likeness (QED) is 0.736. The molecule has 1 aliphatic rings. The maximum Gasteiger partial charge on any atom is 0.240 e. The topological polar surface area (TPSA) is 87.7 Å². The van der Waals surface area contributed by atoms with Crippen LogP contribution in [0.2, 0.25) is 0 Å². The third-order valence-corrected chi connectivity index (χ3v) is 4.04. The Balaban J connectivity index is 2.45. The molecule has 0 aromatic heterocycles. The summed E-state index contributed by atoms with van der Waals surface area (Å²) in [5.74, 6) is -0.621. The van der Waals surface area contributed by atoms with Crippen molar-refractivity contribution >= 4 is 27.5 Å². The second kappa shape index (κ2) is 4.39. The summed E-state index contributed by atoms with van der Waals surface area (Å²) in [5, 5.41) is 17.8. The minimum atomic E-state index is -4.07. The number of nitrogens with two attached hydrogens (primary N) is 1. The number of hydrogen-bond acceptors (Lipinski definition) is 4. The van der Waals surface area contributed by atoms with Crippen LogP contribution in [-0.4, -0.2) is 14.3 Å². The number of quaternary nitrogens is 1. The number of nitrogens with one attached hydrogen (secondary N) is 1. The van der Waals surface area contributed by atoms with E-state index in [1.54, 1.807) is 5.41 Å². The molecule has 0 aliphatic carbocycles. The summed E-state index contributed by atoms with van der Waals surface area (Å²) in [7, 11) is -4.07. The summed E-state index contributed by atoms with van der Waals surface area (Å²) in [5.41, 5.74) is 0.764. The number of thioether (sulfide) groups is 1. The number of hydroxylamine groups is 2. The number of rotatable bonds is 2. The highest BCUT2D eigenvalue weighted by Gasteiger charge is 2.20. The molecule has 0 amide bonds. The lowest BCUT2D eigenvalue weighted by atomic mass is 10.2. The molecule has 0 bridgehead atoms. The van der Waals surface area contributed by atoms with Gasteiger partial charge in [0.2, 0.25) is 10.0 Å². The molecule has 5 nitrogen and oxygen atoms in total.